The van der Waals surface area contributed by atoms with Crippen molar-refractivity contribution in [3.05, 3.63) is 66.6 Å². The molecule has 0 amide bonds. The zero-order valence-electron chi connectivity index (χ0n) is 9.27. The average molecular weight is 207 g/mol. The lowest BCUT2D eigenvalue weighted by atomic mass is 10.0. The van der Waals surface area contributed by atoms with Crippen LogP contribution in [-0.2, 0) is 0 Å². The van der Waals surface area contributed by atoms with Gasteiger partial charge in [-0.3, -0.25) is 0 Å². The lowest BCUT2D eigenvalue weighted by molar-refractivity contribution is 1.03. The standard InChI is InChI=1S/C16H15/c1-2-4-15(5-3-1)16-10-8-14(9-11-16)12-13-6-7-13/h1-5,8-13H,6-7H2/q+1. The smallest absolute Gasteiger partial charge is 0.0622 e. The van der Waals surface area contributed by atoms with Gasteiger partial charge in [-0.2, -0.15) is 0 Å². The molecule has 1 aliphatic rings. The first-order valence-electron chi connectivity index (χ1n) is 5.92. The Morgan fingerprint density at radius 1 is 0.750 bits per heavy atom. The van der Waals surface area contributed by atoms with E-state index in [4.69, 9.17) is 0 Å². The molecule has 1 saturated carbocycles. The number of benzene rings is 2. The summed E-state index contributed by atoms with van der Waals surface area (Å²) >= 11 is 0. The van der Waals surface area contributed by atoms with Gasteiger partial charge in [-0.1, -0.05) is 30.3 Å². The fraction of sp³-hybridized carbons (Fsp3) is 0.188. The largest absolute Gasteiger partial charge is 0.130 e. The maximum absolute atomic E-state index is 2.38. The molecule has 78 valence electrons. The molecule has 1 fully saturated rings. The molecule has 1 aliphatic carbocycles. The van der Waals surface area contributed by atoms with Gasteiger partial charge in [0.1, 0.15) is 5.56 Å². The maximum atomic E-state index is 2.38. The van der Waals surface area contributed by atoms with E-state index in [2.05, 4.69) is 61.0 Å². The van der Waals surface area contributed by atoms with Gasteiger partial charge in [0.25, 0.3) is 0 Å². The summed E-state index contributed by atoms with van der Waals surface area (Å²) in [5, 5.41) is 0. The Hall–Kier alpha value is -1.69. The van der Waals surface area contributed by atoms with Crippen LogP contribution in [0.4, 0.5) is 0 Å². The van der Waals surface area contributed by atoms with E-state index in [-0.39, 0.29) is 0 Å². The first kappa shape index (κ1) is 9.53. The third kappa shape index (κ3) is 2.11. The van der Waals surface area contributed by atoms with Crippen molar-refractivity contribution < 1.29 is 0 Å². The van der Waals surface area contributed by atoms with Crippen molar-refractivity contribution in [3.63, 3.8) is 0 Å². The SMILES string of the molecule is c1ccc(-c2ccc([CH+]C3CC3)cc2)cc1. The lowest BCUT2D eigenvalue weighted by Gasteiger charge is -1.98. The molecule has 0 N–H and O–H groups in total. The Morgan fingerprint density at radius 2 is 1.38 bits per heavy atom. The summed E-state index contributed by atoms with van der Waals surface area (Å²) < 4.78 is 0. The third-order valence-corrected chi connectivity index (χ3v) is 3.07. The predicted octanol–water partition coefficient (Wildman–Crippen LogP) is 4.32. The maximum Gasteiger partial charge on any atom is 0.130 e. The van der Waals surface area contributed by atoms with Crippen LogP contribution in [0, 0.1) is 12.3 Å². The molecule has 0 atom stereocenters. The second-order valence-electron chi connectivity index (χ2n) is 4.49. The molecule has 0 spiro atoms. The van der Waals surface area contributed by atoms with Crippen LogP contribution in [0.5, 0.6) is 0 Å². The summed E-state index contributed by atoms with van der Waals surface area (Å²) in [5.74, 6) is 0.850. The van der Waals surface area contributed by atoms with Gasteiger partial charge in [-0.25, -0.2) is 0 Å². The van der Waals surface area contributed by atoms with Crippen molar-refractivity contribution in [1.82, 2.24) is 0 Å². The molecule has 3 rings (SSSR count). The van der Waals surface area contributed by atoms with E-state index in [1.807, 2.05) is 0 Å². The highest BCUT2D eigenvalue weighted by molar-refractivity contribution is 5.63. The molecule has 2 aromatic carbocycles. The van der Waals surface area contributed by atoms with Gasteiger partial charge in [-0.05, 0) is 18.4 Å². The first-order valence-corrected chi connectivity index (χ1v) is 5.92. The Morgan fingerprint density at radius 3 is 2.00 bits per heavy atom. The van der Waals surface area contributed by atoms with Gasteiger partial charge in [0, 0.05) is 42.2 Å². The molecule has 0 aromatic heterocycles. The minimum absolute atomic E-state index is 0.850. The third-order valence-electron chi connectivity index (χ3n) is 3.07. The van der Waals surface area contributed by atoms with Gasteiger partial charge < -0.3 is 0 Å². The fourth-order valence-electron chi connectivity index (χ4n) is 1.95. The normalized spacial score (nSPS) is 14.8. The molecule has 0 radical (unpaired) electrons. The van der Waals surface area contributed by atoms with Crippen molar-refractivity contribution in [2.75, 3.05) is 0 Å². The average Bonchev–Trinajstić information content (AvgIpc) is 3.15. The zero-order valence-corrected chi connectivity index (χ0v) is 9.27. The van der Waals surface area contributed by atoms with E-state index < -0.39 is 0 Å². The molecule has 0 aliphatic heterocycles. The summed E-state index contributed by atoms with van der Waals surface area (Å²) in [6.07, 6.45) is 5.13. The van der Waals surface area contributed by atoms with Crippen LogP contribution in [0.2, 0.25) is 0 Å². The quantitative estimate of drug-likeness (QED) is 0.658. The van der Waals surface area contributed by atoms with Crippen LogP contribution in [0.1, 0.15) is 18.4 Å². The summed E-state index contributed by atoms with van der Waals surface area (Å²) in [4.78, 5) is 0. The minimum Gasteiger partial charge on any atom is -0.0622 e. The monoisotopic (exact) mass is 207 g/mol. The Bertz CT molecular complexity index is 449. The van der Waals surface area contributed by atoms with Crippen LogP contribution in [0.15, 0.2) is 54.6 Å². The highest BCUT2D eigenvalue weighted by atomic mass is 14.3. The highest BCUT2D eigenvalue weighted by Gasteiger charge is 2.26. The predicted molar refractivity (Wildman–Crippen MR) is 68.0 cm³/mol. The highest BCUT2D eigenvalue weighted by Crippen LogP contribution is 2.34. The topological polar surface area (TPSA) is 0 Å². The van der Waals surface area contributed by atoms with Crippen LogP contribution < -0.4 is 0 Å². The van der Waals surface area contributed by atoms with Crippen LogP contribution >= 0.6 is 0 Å². The van der Waals surface area contributed by atoms with Crippen LogP contribution in [0.25, 0.3) is 11.1 Å². The van der Waals surface area contributed by atoms with E-state index in [1.165, 1.54) is 29.5 Å². The Kier molecular flexibility index (Phi) is 2.41. The molecule has 0 bridgehead atoms. The van der Waals surface area contributed by atoms with E-state index in [1.54, 1.807) is 0 Å². The summed E-state index contributed by atoms with van der Waals surface area (Å²) in [6.45, 7) is 0. The lowest BCUT2D eigenvalue weighted by Crippen LogP contribution is -1.84. The van der Waals surface area contributed by atoms with Crippen molar-refractivity contribution in [2.45, 2.75) is 12.8 Å². The number of hydrogen-bond donors (Lipinski definition) is 0. The van der Waals surface area contributed by atoms with Gasteiger partial charge in [0.15, 0.2) is 0 Å². The zero-order chi connectivity index (χ0) is 10.8. The second kappa shape index (κ2) is 4.05. The van der Waals surface area contributed by atoms with Crippen LogP contribution in [-0.4, -0.2) is 0 Å². The molecule has 0 nitrogen and oxygen atoms in total. The second-order valence-corrected chi connectivity index (χ2v) is 4.49. The molecule has 16 heavy (non-hydrogen) atoms. The molecule has 0 heteroatoms. The molecular formula is C16H15+. The molecule has 0 saturated heterocycles. The van der Waals surface area contributed by atoms with E-state index in [0.717, 1.165) is 5.92 Å². The van der Waals surface area contributed by atoms with E-state index in [9.17, 15) is 0 Å². The molecule has 0 heterocycles. The van der Waals surface area contributed by atoms with Crippen molar-refractivity contribution in [3.8, 4) is 11.1 Å². The Balaban J connectivity index is 1.81. The van der Waals surface area contributed by atoms with Crippen molar-refractivity contribution >= 4 is 0 Å². The first-order chi connectivity index (χ1) is 7.92. The van der Waals surface area contributed by atoms with Gasteiger partial charge in [0.2, 0.25) is 0 Å². The van der Waals surface area contributed by atoms with E-state index >= 15 is 0 Å². The minimum atomic E-state index is 0.850. The summed E-state index contributed by atoms with van der Waals surface area (Å²) in [7, 11) is 0. The van der Waals surface area contributed by atoms with Gasteiger partial charge >= 0.3 is 0 Å². The molecular weight excluding hydrogens is 192 g/mol. The fourth-order valence-corrected chi connectivity index (χ4v) is 1.95. The Labute approximate surface area is 96.9 Å². The van der Waals surface area contributed by atoms with Crippen LogP contribution in [0.3, 0.4) is 0 Å². The van der Waals surface area contributed by atoms with Gasteiger partial charge in [0.05, 0.1) is 0 Å². The summed E-state index contributed by atoms with van der Waals surface area (Å²) in [6, 6.07) is 19.4. The molecule has 2 aromatic rings. The molecule has 0 unspecified atom stereocenters. The number of hydrogen-bond acceptors (Lipinski definition) is 0. The number of rotatable bonds is 3. The van der Waals surface area contributed by atoms with Gasteiger partial charge in [-0.15, -0.1) is 0 Å². The van der Waals surface area contributed by atoms with E-state index in [0.29, 0.717) is 0 Å². The summed E-state index contributed by atoms with van der Waals surface area (Å²) in [5.41, 5.74) is 3.95. The van der Waals surface area contributed by atoms with Crippen molar-refractivity contribution in [2.24, 2.45) is 5.92 Å². The van der Waals surface area contributed by atoms with Crippen molar-refractivity contribution in [1.29, 1.82) is 0 Å².